The molecule has 2 unspecified atom stereocenters. The summed E-state index contributed by atoms with van der Waals surface area (Å²) in [4.78, 5) is 7.31. The summed E-state index contributed by atoms with van der Waals surface area (Å²) >= 11 is 0. The van der Waals surface area contributed by atoms with Crippen molar-refractivity contribution in [3.8, 4) is 0 Å². The first-order valence-corrected chi connectivity index (χ1v) is 7.57. The smallest absolute Gasteiger partial charge is 0.0578 e. The van der Waals surface area contributed by atoms with Crippen LogP contribution in [0.15, 0.2) is 18.3 Å². The molecule has 3 heteroatoms. The van der Waals surface area contributed by atoms with E-state index in [0.717, 1.165) is 13.1 Å². The summed E-state index contributed by atoms with van der Waals surface area (Å²) in [7, 11) is 2.06. The first-order chi connectivity index (χ1) is 9.26. The maximum absolute atomic E-state index is 4.70. The second-order valence-corrected chi connectivity index (χ2v) is 5.65. The summed E-state index contributed by atoms with van der Waals surface area (Å²) in [5.74, 6) is 0.669. The summed E-state index contributed by atoms with van der Waals surface area (Å²) in [6.45, 7) is 7.77. The van der Waals surface area contributed by atoms with Crippen molar-refractivity contribution in [2.24, 2.45) is 5.92 Å². The lowest BCUT2D eigenvalue weighted by molar-refractivity contribution is 0.158. The lowest BCUT2D eigenvalue weighted by Crippen LogP contribution is -2.36. The predicted octanol–water partition coefficient (Wildman–Crippen LogP) is 2.77. The average Bonchev–Trinajstić information content (AvgIpc) is 2.62. The Hall–Kier alpha value is -0.930. The number of nitrogens with one attached hydrogen (secondary N) is 1. The largest absolute Gasteiger partial charge is 0.319 e. The fourth-order valence-electron chi connectivity index (χ4n) is 3.23. The van der Waals surface area contributed by atoms with E-state index in [-0.39, 0.29) is 0 Å². The Morgan fingerprint density at radius 3 is 2.84 bits per heavy atom. The predicted molar refractivity (Wildman–Crippen MR) is 80.2 cm³/mol. The summed E-state index contributed by atoms with van der Waals surface area (Å²) in [5.41, 5.74) is 2.49. The molecular formula is C16H27N3. The molecule has 1 N–H and O–H groups in total. The highest BCUT2D eigenvalue weighted by molar-refractivity contribution is 5.16. The Labute approximate surface area is 117 Å². The third-order valence-corrected chi connectivity index (χ3v) is 4.22. The van der Waals surface area contributed by atoms with Gasteiger partial charge in [0.05, 0.1) is 11.7 Å². The number of pyridine rings is 1. The Morgan fingerprint density at radius 2 is 2.21 bits per heavy atom. The van der Waals surface area contributed by atoms with Crippen LogP contribution in [0, 0.1) is 12.8 Å². The number of hydrogen-bond acceptors (Lipinski definition) is 3. The van der Waals surface area contributed by atoms with E-state index < -0.39 is 0 Å². The Balaban J connectivity index is 2.28. The van der Waals surface area contributed by atoms with Gasteiger partial charge in [0.1, 0.15) is 0 Å². The van der Waals surface area contributed by atoms with Crippen molar-refractivity contribution >= 4 is 0 Å². The molecule has 0 amide bonds. The van der Waals surface area contributed by atoms with E-state index >= 15 is 0 Å². The van der Waals surface area contributed by atoms with Gasteiger partial charge in [-0.25, -0.2) is 0 Å². The van der Waals surface area contributed by atoms with Crippen molar-refractivity contribution in [3.05, 3.63) is 29.6 Å². The molecule has 2 heterocycles. The van der Waals surface area contributed by atoms with Crippen LogP contribution in [0.5, 0.6) is 0 Å². The van der Waals surface area contributed by atoms with Crippen LogP contribution in [0.25, 0.3) is 0 Å². The van der Waals surface area contributed by atoms with E-state index in [1.165, 1.54) is 37.1 Å². The molecule has 1 aliphatic rings. The van der Waals surface area contributed by atoms with Gasteiger partial charge < -0.3 is 5.32 Å². The lowest BCUT2D eigenvalue weighted by Gasteiger charge is -2.34. The number of aryl methyl sites for hydroxylation is 1. The summed E-state index contributed by atoms with van der Waals surface area (Å²) in [6, 6.07) is 4.88. The molecule has 0 aliphatic carbocycles. The van der Waals surface area contributed by atoms with Crippen molar-refractivity contribution in [3.63, 3.8) is 0 Å². The first kappa shape index (κ1) is 14.5. The van der Waals surface area contributed by atoms with Crippen molar-refractivity contribution in [1.29, 1.82) is 0 Å². The van der Waals surface area contributed by atoms with Gasteiger partial charge in [0.25, 0.3) is 0 Å². The Kier molecular flexibility index (Phi) is 5.34. The molecule has 0 radical (unpaired) electrons. The molecule has 1 aliphatic heterocycles. The molecular weight excluding hydrogens is 234 g/mol. The van der Waals surface area contributed by atoms with Crippen LogP contribution in [0.2, 0.25) is 0 Å². The quantitative estimate of drug-likeness (QED) is 0.903. The maximum Gasteiger partial charge on any atom is 0.0578 e. The zero-order valence-corrected chi connectivity index (χ0v) is 12.5. The van der Waals surface area contributed by atoms with Gasteiger partial charge in [0.15, 0.2) is 0 Å². The van der Waals surface area contributed by atoms with Crippen LogP contribution < -0.4 is 5.32 Å². The van der Waals surface area contributed by atoms with Crippen LogP contribution in [0.1, 0.15) is 43.5 Å². The van der Waals surface area contributed by atoms with Crippen molar-refractivity contribution < 1.29 is 0 Å². The van der Waals surface area contributed by atoms with E-state index in [1.807, 2.05) is 6.20 Å². The monoisotopic (exact) mass is 261 g/mol. The molecule has 3 nitrogen and oxygen atoms in total. The fraction of sp³-hybridized carbons (Fsp3) is 0.688. The van der Waals surface area contributed by atoms with Crippen LogP contribution in [-0.2, 0) is 0 Å². The normalized spacial score (nSPS) is 25.2. The zero-order chi connectivity index (χ0) is 13.7. The highest BCUT2D eigenvalue weighted by Gasteiger charge is 2.30. The fourth-order valence-corrected chi connectivity index (χ4v) is 3.23. The van der Waals surface area contributed by atoms with Crippen LogP contribution >= 0.6 is 0 Å². The van der Waals surface area contributed by atoms with Crippen molar-refractivity contribution in [2.45, 2.75) is 39.2 Å². The minimum absolute atomic E-state index is 0.473. The van der Waals surface area contributed by atoms with E-state index in [9.17, 15) is 0 Å². The van der Waals surface area contributed by atoms with Crippen LogP contribution in [0.4, 0.5) is 0 Å². The second kappa shape index (κ2) is 7.01. The number of hydrogen-bond donors (Lipinski definition) is 1. The molecule has 2 rings (SSSR count). The van der Waals surface area contributed by atoms with Crippen LogP contribution in [0.3, 0.4) is 0 Å². The minimum atomic E-state index is 0.473. The molecule has 1 saturated heterocycles. The van der Waals surface area contributed by atoms with Gasteiger partial charge in [0.2, 0.25) is 0 Å². The van der Waals surface area contributed by atoms with Gasteiger partial charge in [-0.05, 0) is 64.0 Å². The van der Waals surface area contributed by atoms with E-state index in [2.05, 4.69) is 43.2 Å². The molecule has 0 spiro atoms. The lowest BCUT2D eigenvalue weighted by atomic mass is 9.91. The van der Waals surface area contributed by atoms with Gasteiger partial charge in [-0.3, -0.25) is 9.88 Å². The first-order valence-electron chi connectivity index (χ1n) is 7.57. The molecule has 106 valence electrons. The van der Waals surface area contributed by atoms with Gasteiger partial charge in [-0.1, -0.05) is 19.4 Å². The Bertz CT molecular complexity index is 374. The molecule has 1 aromatic rings. The minimum Gasteiger partial charge on any atom is -0.319 e. The Morgan fingerprint density at radius 1 is 1.37 bits per heavy atom. The standard InChI is InChI=1S/C16H27N3/c1-4-19-10-6-5-7-14(12-17-3)16(19)15-9-8-13(2)11-18-15/h8-9,11,14,16-17H,4-7,10,12H2,1-3H3. The molecule has 2 atom stereocenters. The summed E-state index contributed by atoms with van der Waals surface area (Å²) in [5, 5.41) is 3.37. The molecule has 0 aromatic carbocycles. The SMILES string of the molecule is CCN1CCCCC(CNC)C1c1ccc(C)cn1. The van der Waals surface area contributed by atoms with Crippen molar-refractivity contribution in [2.75, 3.05) is 26.7 Å². The van der Waals surface area contributed by atoms with E-state index in [0.29, 0.717) is 12.0 Å². The third-order valence-electron chi connectivity index (χ3n) is 4.22. The van der Waals surface area contributed by atoms with Gasteiger partial charge in [-0.15, -0.1) is 0 Å². The van der Waals surface area contributed by atoms with Gasteiger partial charge in [-0.2, -0.15) is 0 Å². The summed E-state index contributed by atoms with van der Waals surface area (Å²) in [6.07, 6.45) is 5.96. The highest BCUT2D eigenvalue weighted by atomic mass is 15.2. The molecule has 19 heavy (non-hydrogen) atoms. The number of likely N-dealkylation sites (tertiary alicyclic amines) is 1. The number of rotatable bonds is 4. The molecule has 1 fully saturated rings. The second-order valence-electron chi connectivity index (χ2n) is 5.65. The summed E-state index contributed by atoms with van der Waals surface area (Å²) < 4.78 is 0. The van der Waals surface area contributed by atoms with Crippen molar-refractivity contribution in [1.82, 2.24) is 15.2 Å². The third kappa shape index (κ3) is 3.54. The number of aromatic nitrogens is 1. The number of nitrogens with zero attached hydrogens (tertiary/aromatic N) is 2. The molecule has 0 bridgehead atoms. The maximum atomic E-state index is 4.70. The highest BCUT2D eigenvalue weighted by Crippen LogP contribution is 2.33. The molecule has 0 saturated carbocycles. The topological polar surface area (TPSA) is 28.2 Å². The van der Waals surface area contributed by atoms with Gasteiger partial charge in [0, 0.05) is 6.20 Å². The zero-order valence-electron chi connectivity index (χ0n) is 12.5. The average molecular weight is 261 g/mol. The van der Waals surface area contributed by atoms with E-state index in [1.54, 1.807) is 0 Å². The van der Waals surface area contributed by atoms with E-state index in [4.69, 9.17) is 4.98 Å². The molecule has 1 aromatic heterocycles. The van der Waals surface area contributed by atoms with Gasteiger partial charge >= 0.3 is 0 Å². The van der Waals surface area contributed by atoms with Crippen LogP contribution in [-0.4, -0.2) is 36.6 Å².